The van der Waals surface area contributed by atoms with Crippen molar-refractivity contribution < 1.29 is 14.3 Å². The maximum atomic E-state index is 12.3. The van der Waals surface area contributed by atoms with Crippen LogP contribution in [0.2, 0.25) is 0 Å². The molecular weight excluding hydrogens is 278 g/mol. The van der Waals surface area contributed by atoms with Gasteiger partial charge in [-0.15, -0.1) is 0 Å². The molecule has 0 fully saturated rings. The van der Waals surface area contributed by atoms with E-state index in [2.05, 4.69) is 5.32 Å². The van der Waals surface area contributed by atoms with Crippen LogP contribution in [0.4, 0.5) is 0 Å². The minimum atomic E-state index is -0.131. The number of carbonyl (C=O) groups excluding carboxylic acids is 1. The van der Waals surface area contributed by atoms with Crippen molar-refractivity contribution in [1.29, 1.82) is 0 Å². The fraction of sp³-hybridized carbons (Fsp3) is 0.278. The zero-order valence-corrected chi connectivity index (χ0v) is 12.5. The molecule has 2 aromatic carbocycles. The molecule has 0 aromatic heterocycles. The number of methoxy groups -OCH3 is 1. The van der Waals surface area contributed by atoms with Crippen LogP contribution in [-0.4, -0.2) is 19.6 Å². The Bertz CT molecular complexity index is 652. The molecular formula is C18H19NO3. The summed E-state index contributed by atoms with van der Waals surface area (Å²) in [6, 6.07) is 15.6. The molecule has 1 atom stereocenters. The van der Waals surface area contributed by atoms with Crippen molar-refractivity contribution in [3.63, 3.8) is 0 Å². The summed E-state index contributed by atoms with van der Waals surface area (Å²) in [4.78, 5) is 12.3. The van der Waals surface area contributed by atoms with Gasteiger partial charge in [0.1, 0.15) is 18.1 Å². The lowest BCUT2D eigenvalue weighted by atomic mass is 9.96. The molecule has 0 saturated carbocycles. The predicted molar refractivity (Wildman–Crippen MR) is 84.0 cm³/mol. The summed E-state index contributed by atoms with van der Waals surface area (Å²) in [5, 5.41) is 2.98. The first kappa shape index (κ1) is 14.4. The van der Waals surface area contributed by atoms with Crippen molar-refractivity contribution in [3.05, 3.63) is 59.7 Å². The number of benzene rings is 2. The smallest absolute Gasteiger partial charge is 0.227 e. The second kappa shape index (κ2) is 6.52. The van der Waals surface area contributed by atoms with Gasteiger partial charge in [-0.2, -0.15) is 0 Å². The van der Waals surface area contributed by atoms with Crippen LogP contribution < -0.4 is 14.8 Å². The van der Waals surface area contributed by atoms with Gasteiger partial charge in [0.15, 0.2) is 0 Å². The fourth-order valence-electron chi connectivity index (χ4n) is 2.57. The molecule has 0 saturated heterocycles. The van der Waals surface area contributed by atoms with Gasteiger partial charge in [0, 0.05) is 6.54 Å². The fourth-order valence-corrected chi connectivity index (χ4v) is 2.57. The number of nitrogens with one attached hydrogen (secondary N) is 1. The second-order valence-corrected chi connectivity index (χ2v) is 5.39. The van der Waals surface area contributed by atoms with Crippen LogP contribution in [0.25, 0.3) is 0 Å². The van der Waals surface area contributed by atoms with Crippen molar-refractivity contribution >= 4 is 5.91 Å². The van der Waals surface area contributed by atoms with Crippen LogP contribution in [0.15, 0.2) is 48.5 Å². The van der Waals surface area contributed by atoms with E-state index in [4.69, 9.17) is 9.47 Å². The van der Waals surface area contributed by atoms with E-state index in [0.717, 1.165) is 29.0 Å². The highest BCUT2D eigenvalue weighted by atomic mass is 16.5. The molecule has 1 aliphatic rings. The van der Waals surface area contributed by atoms with E-state index in [1.54, 1.807) is 7.11 Å². The van der Waals surface area contributed by atoms with Gasteiger partial charge in [0.25, 0.3) is 0 Å². The summed E-state index contributed by atoms with van der Waals surface area (Å²) >= 11 is 0. The first-order chi connectivity index (χ1) is 10.8. The number of para-hydroxylation sites is 1. The molecule has 2 aromatic rings. The Hall–Kier alpha value is -2.49. The summed E-state index contributed by atoms with van der Waals surface area (Å²) < 4.78 is 10.8. The molecule has 3 rings (SSSR count). The summed E-state index contributed by atoms with van der Waals surface area (Å²) in [5.74, 6) is 1.60. The average Bonchev–Trinajstić information content (AvgIpc) is 2.59. The standard InChI is InChI=1S/C18H19NO3/c1-21-16-8-6-13(7-9-16)11-19-18(20)15-10-14-4-2-3-5-17(14)22-12-15/h2-9,15H,10-12H2,1H3,(H,19,20)/t15-/m1/s1. The Kier molecular flexibility index (Phi) is 4.28. The minimum absolute atomic E-state index is 0.0327. The summed E-state index contributed by atoms with van der Waals surface area (Å²) in [5.41, 5.74) is 2.14. The molecule has 0 radical (unpaired) electrons. The molecule has 4 heteroatoms. The molecule has 1 aliphatic heterocycles. The first-order valence-electron chi connectivity index (χ1n) is 7.37. The average molecular weight is 297 g/mol. The molecule has 114 valence electrons. The highest BCUT2D eigenvalue weighted by Crippen LogP contribution is 2.26. The topological polar surface area (TPSA) is 47.6 Å². The van der Waals surface area contributed by atoms with E-state index in [0.29, 0.717) is 13.2 Å². The number of carbonyl (C=O) groups is 1. The van der Waals surface area contributed by atoms with Crippen LogP contribution >= 0.6 is 0 Å². The van der Waals surface area contributed by atoms with Crippen molar-refractivity contribution in [2.45, 2.75) is 13.0 Å². The Morgan fingerprint density at radius 1 is 1.23 bits per heavy atom. The van der Waals surface area contributed by atoms with Gasteiger partial charge >= 0.3 is 0 Å². The third-order valence-electron chi connectivity index (χ3n) is 3.88. The van der Waals surface area contributed by atoms with Gasteiger partial charge in [-0.3, -0.25) is 4.79 Å². The Labute approximate surface area is 130 Å². The Morgan fingerprint density at radius 2 is 2.00 bits per heavy atom. The summed E-state index contributed by atoms with van der Waals surface area (Å²) in [7, 11) is 1.64. The van der Waals surface area contributed by atoms with Gasteiger partial charge in [-0.05, 0) is 35.7 Å². The lowest BCUT2D eigenvalue weighted by molar-refractivity contribution is -0.126. The van der Waals surface area contributed by atoms with Crippen molar-refractivity contribution in [2.24, 2.45) is 5.92 Å². The van der Waals surface area contributed by atoms with E-state index in [9.17, 15) is 4.79 Å². The zero-order valence-electron chi connectivity index (χ0n) is 12.5. The molecule has 1 heterocycles. The Balaban J connectivity index is 1.56. The first-order valence-corrected chi connectivity index (χ1v) is 7.37. The number of hydrogen-bond donors (Lipinski definition) is 1. The minimum Gasteiger partial charge on any atom is -0.497 e. The predicted octanol–water partition coefficient (Wildman–Crippen LogP) is 2.56. The molecule has 1 amide bonds. The molecule has 4 nitrogen and oxygen atoms in total. The quantitative estimate of drug-likeness (QED) is 0.943. The van der Waals surface area contributed by atoms with E-state index < -0.39 is 0 Å². The van der Waals surface area contributed by atoms with Crippen LogP contribution in [0.1, 0.15) is 11.1 Å². The normalized spacial score (nSPS) is 16.3. The molecule has 0 spiro atoms. The van der Waals surface area contributed by atoms with Crippen molar-refractivity contribution in [1.82, 2.24) is 5.32 Å². The molecule has 0 unspecified atom stereocenters. The van der Waals surface area contributed by atoms with Crippen LogP contribution in [0, 0.1) is 5.92 Å². The third-order valence-corrected chi connectivity index (χ3v) is 3.88. The largest absolute Gasteiger partial charge is 0.497 e. The highest BCUT2D eigenvalue weighted by Gasteiger charge is 2.25. The molecule has 0 aliphatic carbocycles. The summed E-state index contributed by atoms with van der Waals surface area (Å²) in [6.07, 6.45) is 0.727. The van der Waals surface area contributed by atoms with Crippen molar-refractivity contribution in [2.75, 3.05) is 13.7 Å². The SMILES string of the molecule is COc1ccc(CNC(=O)[C@H]2COc3ccccc3C2)cc1. The van der Waals surface area contributed by atoms with Crippen LogP contribution in [-0.2, 0) is 17.8 Å². The maximum Gasteiger partial charge on any atom is 0.227 e. The maximum absolute atomic E-state index is 12.3. The van der Waals surface area contributed by atoms with Gasteiger partial charge in [0.05, 0.1) is 13.0 Å². The molecule has 1 N–H and O–H groups in total. The van der Waals surface area contributed by atoms with Gasteiger partial charge < -0.3 is 14.8 Å². The third kappa shape index (κ3) is 3.22. The van der Waals surface area contributed by atoms with Crippen LogP contribution in [0.5, 0.6) is 11.5 Å². The lowest BCUT2D eigenvalue weighted by Gasteiger charge is -2.24. The Morgan fingerprint density at radius 3 is 2.77 bits per heavy atom. The van der Waals surface area contributed by atoms with E-state index in [1.807, 2.05) is 48.5 Å². The van der Waals surface area contributed by atoms with Gasteiger partial charge in [0.2, 0.25) is 5.91 Å². The van der Waals surface area contributed by atoms with Gasteiger partial charge in [-0.1, -0.05) is 30.3 Å². The zero-order chi connectivity index (χ0) is 15.4. The van der Waals surface area contributed by atoms with E-state index in [-0.39, 0.29) is 11.8 Å². The highest BCUT2D eigenvalue weighted by molar-refractivity contribution is 5.79. The second-order valence-electron chi connectivity index (χ2n) is 5.39. The summed E-state index contributed by atoms with van der Waals surface area (Å²) in [6.45, 7) is 0.951. The van der Waals surface area contributed by atoms with Gasteiger partial charge in [-0.25, -0.2) is 0 Å². The number of ether oxygens (including phenoxy) is 2. The van der Waals surface area contributed by atoms with E-state index >= 15 is 0 Å². The lowest BCUT2D eigenvalue weighted by Crippen LogP contribution is -2.37. The number of amides is 1. The van der Waals surface area contributed by atoms with Crippen LogP contribution in [0.3, 0.4) is 0 Å². The molecule has 0 bridgehead atoms. The number of hydrogen-bond acceptors (Lipinski definition) is 3. The number of rotatable bonds is 4. The van der Waals surface area contributed by atoms with E-state index in [1.165, 1.54) is 0 Å². The molecule has 22 heavy (non-hydrogen) atoms. The monoisotopic (exact) mass is 297 g/mol. The number of fused-ring (bicyclic) bond motifs is 1. The van der Waals surface area contributed by atoms with Crippen molar-refractivity contribution in [3.8, 4) is 11.5 Å².